The third kappa shape index (κ3) is 1.74. The minimum absolute atomic E-state index is 0.678. The van der Waals surface area contributed by atoms with Crippen LogP contribution < -0.4 is 0 Å². The van der Waals surface area contributed by atoms with Gasteiger partial charge >= 0.3 is 0 Å². The molecular formula is C5H9NOS. The molecule has 1 saturated carbocycles. The van der Waals surface area contributed by atoms with Crippen molar-refractivity contribution in [1.82, 2.24) is 0 Å². The van der Waals surface area contributed by atoms with Crippen molar-refractivity contribution in [2.45, 2.75) is 12.8 Å². The second-order valence-electron chi connectivity index (χ2n) is 2.11. The third-order valence-corrected chi connectivity index (χ3v) is 2.29. The van der Waals surface area contributed by atoms with Crippen molar-refractivity contribution in [3.05, 3.63) is 0 Å². The van der Waals surface area contributed by atoms with E-state index in [1.54, 1.807) is 0 Å². The normalized spacial score (nSPS) is 22.5. The van der Waals surface area contributed by atoms with Crippen LogP contribution in [0.15, 0.2) is 0 Å². The first-order chi connectivity index (χ1) is 3.83. The first kappa shape index (κ1) is 5.95. The Hall–Kier alpha value is -0.180. The number of rotatable bonds is 3. The maximum atomic E-state index is 10.5. The molecule has 1 rings (SSSR count). The molecule has 0 bridgehead atoms. The maximum absolute atomic E-state index is 10.5. The lowest BCUT2D eigenvalue weighted by Gasteiger charge is -1.86. The van der Waals surface area contributed by atoms with Gasteiger partial charge in [-0.25, -0.2) is 0 Å². The van der Waals surface area contributed by atoms with E-state index in [1.807, 2.05) is 0 Å². The molecule has 0 radical (unpaired) electrons. The van der Waals surface area contributed by atoms with Gasteiger partial charge in [0.1, 0.15) is 0 Å². The molecule has 0 heterocycles. The van der Waals surface area contributed by atoms with Crippen LogP contribution in [0.1, 0.15) is 12.8 Å². The Kier molecular flexibility index (Phi) is 1.78. The smallest absolute Gasteiger partial charge is 0.0818 e. The molecule has 8 heavy (non-hydrogen) atoms. The largest absolute Gasteiger partial charge is 0.299 e. The van der Waals surface area contributed by atoms with Gasteiger partial charge in [0.25, 0.3) is 0 Å². The first-order valence-electron chi connectivity index (χ1n) is 2.70. The van der Waals surface area contributed by atoms with Crippen LogP contribution in [0.2, 0.25) is 0 Å². The molecule has 2 nitrogen and oxygen atoms in total. The fraction of sp³-hybridized carbons (Fsp3) is 0.800. The van der Waals surface area contributed by atoms with Gasteiger partial charge in [0.05, 0.1) is 16.3 Å². The molecule has 1 fully saturated rings. The first-order valence-corrected chi connectivity index (χ1v) is 4.09. The summed E-state index contributed by atoms with van der Waals surface area (Å²) < 4.78 is 10.5. The minimum atomic E-state index is -0.953. The Morgan fingerprint density at radius 3 is 2.75 bits per heavy atom. The highest BCUT2D eigenvalue weighted by atomic mass is 32.2. The van der Waals surface area contributed by atoms with Gasteiger partial charge in [-0.1, -0.05) is 0 Å². The number of hydrogen-bond acceptors (Lipinski definition) is 2. The highest BCUT2D eigenvalue weighted by Crippen LogP contribution is 2.29. The topological polar surface area (TPSA) is 40.9 Å². The summed E-state index contributed by atoms with van der Waals surface area (Å²) in [6, 6.07) is 0. The molecule has 0 spiro atoms. The van der Waals surface area contributed by atoms with Crippen LogP contribution in [-0.4, -0.2) is 15.5 Å². The SMILES string of the molecule is N=CS(=O)CC1CC1. The maximum Gasteiger partial charge on any atom is 0.0818 e. The quantitative estimate of drug-likeness (QED) is 0.445. The molecule has 0 saturated heterocycles. The lowest BCUT2D eigenvalue weighted by Crippen LogP contribution is -1.97. The standard InChI is InChI=1S/C5H9NOS/c6-4-8(7)3-5-1-2-5/h4-6H,1-3H2. The predicted molar refractivity (Wildman–Crippen MR) is 34.5 cm³/mol. The van der Waals surface area contributed by atoms with Gasteiger partial charge in [-0.15, -0.1) is 0 Å². The zero-order valence-corrected chi connectivity index (χ0v) is 5.41. The van der Waals surface area contributed by atoms with Gasteiger partial charge in [-0.2, -0.15) is 0 Å². The molecule has 46 valence electrons. The molecule has 0 aromatic rings. The van der Waals surface area contributed by atoms with E-state index in [0.717, 1.165) is 11.3 Å². The Balaban J connectivity index is 2.16. The number of nitrogens with one attached hydrogen (secondary N) is 1. The van der Waals surface area contributed by atoms with E-state index in [4.69, 9.17) is 5.41 Å². The van der Waals surface area contributed by atoms with E-state index in [0.29, 0.717) is 5.92 Å². The van der Waals surface area contributed by atoms with E-state index in [1.165, 1.54) is 12.8 Å². The lowest BCUT2D eigenvalue weighted by atomic mass is 10.5. The molecule has 1 atom stereocenters. The molecule has 1 N–H and O–H groups in total. The van der Waals surface area contributed by atoms with E-state index in [-0.39, 0.29) is 0 Å². The van der Waals surface area contributed by atoms with E-state index < -0.39 is 10.8 Å². The molecular weight excluding hydrogens is 122 g/mol. The molecule has 3 heteroatoms. The minimum Gasteiger partial charge on any atom is -0.299 e. The van der Waals surface area contributed by atoms with Crippen molar-refractivity contribution in [3.63, 3.8) is 0 Å². The highest BCUT2D eigenvalue weighted by molar-refractivity contribution is 7.98. The number of hydrogen-bond donors (Lipinski definition) is 1. The summed E-state index contributed by atoms with van der Waals surface area (Å²) in [5.74, 6) is 1.40. The van der Waals surface area contributed by atoms with Crippen LogP contribution in [0.3, 0.4) is 0 Å². The second-order valence-corrected chi connectivity index (χ2v) is 3.44. The average molecular weight is 131 g/mol. The van der Waals surface area contributed by atoms with Crippen LogP contribution in [0.5, 0.6) is 0 Å². The Morgan fingerprint density at radius 2 is 2.38 bits per heavy atom. The summed E-state index contributed by atoms with van der Waals surface area (Å²) in [6.07, 6.45) is 2.44. The summed E-state index contributed by atoms with van der Waals surface area (Å²) in [6.45, 7) is 0. The van der Waals surface area contributed by atoms with Crippen LogP contribution in [0, 0.1) is 11.3 Å². The highest BCUT2D eigenvalue weighted by Gasteiger charge is 2.22. The second kappa shape index (κ2) is 2.40. The van der Waals surface area contributed by atoms with Crippen molar-refractivity contribution in [2.75, 3.05) is 5.75 Å². The fourth-order valence-electron chi connectivity index (χ4n) is 0.565. The van der Waals surface area contributed by atoms with Crippen LogP contribution in [0.4, 0.5) is 0 Å². The Bertz CT molecular complexity index is 120. The van der Waals surface area contributed by atoms with Crippen molar-refractivity contribution in [2.24, 2.45) is 5.92 Å². The van der Waals surface area contributed by atoms with Gasteiger partial charge in [0.2, 0.25) is 0 Å². The van der Waals surface area contributed by atoms with Gasteiger partial charge in [0.15, 0.2) is 0 Å². The zero-order chi connectivity index (χ0) is 5.98. The summed E-state index contributed by atoms with van der Waals surface area (Å²) in [5.41, 5.74) is 1.03. The zero-order valence-electron chi connectivity index (χ0n) is 4.59. The van der Waals surface area contributed by atoms with Gasteiger partial charge < -0.3 is 0 Å². The van der Waals surface area contributed by atoms with Gasteiger partial charge in [-0.05, 0) is 18.8 Å². The lowest BCUT2D eigenvalue weighted by molar-refractivity contribution is 0.687. The van der Waals surface area contributed by atoms with E-state index in [9.17, 15) is 4.21 Å². The summed E-state index contributed by atoms with van der Waals surface area (Å²) in [5, 5.41) is 6.60. The van der Waals surface area contributed by atoms with E-state index in [2.05, 4.69) is 0 Å². The van der Waals surface area contributed by atoms with Crippen LogP contribution in [0.25, 0.3) is 0 Å². The summed E-state index contributed by atoms with van der Waals surface area (Å²) in [4.78, 5) is 0. The average Bonchev–Trinajstić information content (AvgIpc) is 2.50. The molecule has 1 aliphatic rings. The summed E-state index contributed by atoms with van der Waals surface area (Å²) in [7, 11) is -0.953. The van der Waals surface area contributed by atoms with Crippen LogP contribution in [-0.2, 0) is 10.8 Å². The molecule has 1 aliphatic carbocycles. The molecule has 1 unspecified atom stereocenters. The Morgan fingerprint density at radius 1 is 1.75 bits per heavy atom. The van der Waals surface area contributed by atoms with Crippen molar-refractivity contribution < 1.29 is 4.21 Å². The van der Waals surface area contributed by atoms with Crippen LogP contribution >= 0.6 is 0 Å². The van der Waals surface area contributed by atoms with E-state index >= 15 is 0 Å². The fourth-order valence-corrected chi connectivity index (χ4v) is 1.46. The molecule has 0 aliphatic heterocycles. The van der Waals surface area contributed by atoms with Crippen molar-refractivity contribution in [3.8, 4) is 0 Å². The summed E-state index contributed by atoms with van der Waals surface area (Å²) >= 11 is 0. The Labute approximate surface area is 51.3 Å². The third-order valence-electron chi connectivity index (χ3n) is 1.23. The van der Waals surface area contributed by atoms with Gasteiger partial charge in [-0.3, -0.25) is 9.62 Å². The monoisotopic (exact) mass is 131 g/mol. The van der Waals surface area contributed by atoms with Crippen molar-refractivity contribution >= 4 is 16.3 Å². The molecule has 0 aromatic carbocycles. The molecule has 0 amide bonds. The molecule has 0 aromatic heterocycles. The van der Waals surface area contributed by atoms with Gasteiger partial charge in [0, 0.05) is 5.75 Å². The van der Waals surface area contributed by atoms with Crippen molar-refractivity contribution in [1.29, 1.82) is 5.41 Å². The predicted octanol–water partition coefficient (Wildman–Crippen LogP) is 0.752.